The molecule has 2 nitrogen and oxygen atoms in total. The van der Waals surface area contributed by atoms with Crippen molar-refractivity contribution in [1.29, 1.82) is 0 Å². The number of hydrogen-bond acceptors (Lipinski definition) is 2. The molecule has 2 heteroatoms. The van der Waals surface area contributed by atoms with E-state index in [4.69, 9.17) is 4.74 Å². The molecule has 2 aromatic rings. The van der Waals surface area contributed by atoms with Gasteiger partial charge in [0, 0.05) is 13.1 Å². The molecular weight excluding hydrogens is 270 g/mol. The molecule has 1 heterocycles. The number of piperidine rings is 1. The van der Waals surface area contributed by atoms with Crippen molar-refractivity contribution in [1.82, 2.24) is 4.90 Å². The lowest BCUT2D eigenvalue weighted by Gasteiger charge is -2.33. The summed E-state index contributed by atoms with van der Waals surface area (Å²) in [7, 11) is 1.74. The highest BCUT2D eigenvalue weighted by atomic mass is 16.5. The predicted molar refractivity (Wildman–Crippen MR) is 91.6 cm³/mol. The number of benzene rings is 2. The van der Waals surface area contributed by atoms with Crippen molar-refractivity contribution in [2.24, 2.45) is 0 Å². The minimum absolute atomic E-state index is 0.639. The highest BCUT2D eigenvalue weighted by molar-refractivity contribution is 5.31. The van der Waals surface area contributed by atoms with Crippen molar-refractivity contribution >= 4 is 0 Å². The minimum atomic E-state index is 0.639. The summed E-state index contributed by atoms with van der Waals surface area (Å²) in [4.78, 5) is 2.61. The highest BCUT2D eigenvalue weighted by Crippen LogP contribution is 2.29. The quantitative estimate of drug-likeness (QED) is 0.823. The molecule has 1 aliphatic heterocycles. The second-order valence-corrected chi connectivity index (χ2v) is 6.15. The van der Waals surface area contributed by atoms with Crippen LogP contribution in [-0.2, 0) is 6.42 Å². The van der Waals surface area contributed by atoms with Crippen molar-refractivity contribution in [3.05, 3.63) is 65.7 Å². The van der Waals surface area contributed by atoms with Crippen LogP contribution >= 0.6 is 0 Å². The average molecular weight is 295 g/mol. The Balaban J connectivity index is 1.59. The van der Waals surface area contributed by atoms with E-state index in [0.717, 1.165) is 18.7 Å². The topological polar surface area (TPSA) is 12.5 Å². The zero-order valence-corrected chi connectivity index (χ0v) is 13.4. The number of ether oxygens (including phenoxy) is 1. The summed E-state index contributed by atoms with van der Waals surface area (Å²) in [5.41, 5.74) is 2.86. The van der Waals surface area contributed by atoms with Crippen molar-refractivity contribution < 1.29 is 4.74 Å². The van der Waals surface area contributed by atoms with Crippen LogP contribution in [0.15, 0.2) is 54.6 Å². The van der Waals surface area contributed by atoms with E-state index >= 15 is 0 Å². The van der Waals surface area contributed by atoms with Gasteiger partial charge in [-0.15, -0.1) is 0 Å². The van der Waals surface area contributed by atoms with Crippen LogP contribution < -0.4 is 4.74 Å². The SMILES string of the molecule is COc1cccc([C@@H]2CCCN(CCc3ccccc3)C2)c1. The Morgan fingerprint density at radius 1 is 1.09 bits per heavy atom. The molecule has 0 radical (unpaired) electrons. The van der Waals surface area contributed by atoms with Crippen LogP contribution in [0.2, 0.25) is 0 Å². The van der Waals surface area contributed by atoms with Crippen LogP contribution in [-0.4, -0.2) is 31.6 Å². The molecule has 0 aliphatic carbocycles. The summed E-state index contributed by atoms with van der Waals surface area (Å²) >= 11 is 0. The van der Waals surface area contributed by atoms with E-state index in [0.29, 0.717) is 5.92 Å². The fourth-order valence-electron chi connectivity index (χ4n) is 3.36. The molecule has 3 rings (SSSR count). The first-order valence-electron chi connectivity index (χ1n) is 8.25. The Labute approximate surface area is 133 Å². The zero-order valence-electron chi connectivity index (χ0n) is 13.4. The molecule has 0 aromatic heterocycles. The largest absolute Gasteiger partial charge is 0.497 e. The van der Waals surface area contributed by atoms with Gasteiger partial charge in [-0.2, -0.15) is 0 Å². The first kappa shape index (κ1) is 15.1. The lowest BCUT2D eigenvalue weighted by molar-refractivity contribution is 0.210. The standard InChI is InChI=1S/C20H25NO/c1-22-20-11-5-9-18(15-20)19-10-6-13-21(16-19)14-12-17-7-3-2-4-8-17/h2-5,7-9,11,15,19H,6,10,12-14,16H2,1H3/t19-/m1/s1. The maximum absolute atomic E-state index is 5.36. The molecule has 2 aromatic carbocycles. The van der Waals surface area contributed by atoms with Gasteiger partial charge < -0.3 is 9.64 Å². The van der Waals surface area contributed by atoms with Crippen molar-refractivity contribution in [3.8, 4) is 5.75 Å². The van der Waals surface area contributed by atoms with Crippen LogP contribution in [0.5, 0.6) is 5.75 Å². The van der Waals surface area contributed by atoms with Crippen LogP contribution in [0.4, 0.5) is 0 Å². The lowest BCUT2D eigenvalue weighted by Crippen LogP contribution is -2.35. The zero-order chi connectivity index (χ0) is 15.2. The summed E-state index contributed by atoms with van der Waals surface area (Å²) < 4.78 is 5.36. The predicted octanol–water partition coefficient (Wildman–Crippen LogP) is 4.12. The molecule has 0 bridgehead atoms. The monoisotopic (exact) mass is 295 g/mol. The highest BCUT2D eigenvalue weighted by Gasteiger charge is 2.21. The molecule has 22 heavy (non-hydrogen) atoms. The van der Waals surface area contributed by atoms with Crippen LogP contribution in [0, 0.1) is 0 Å². The molecule has 0 unspecified atom stereocenters. The molecule has 1 atom stereocenters. The van der Waals surface area contributed by atoms with E-state index in [9.17, 15) is 0 Å². The van der Waals surface area contributed by atoms with E-state index in [-0.39, 0.29) is 0 Å². The number of methoxy groups -OCH3 is 1. The third-order valence-corrected chi connectivity index (χ3v) is 4.63. The molecule has 1 fully saturated rings. The minimum Gasteiger partial charge on any atom is -0.497 e. The van der Waals surface area contributed by atoms with Gasteiger partial charge in [0.1, 0.15) is 5.75 Å². The Morgan fingerprint density at radius 3 is 2.77 bits per heavy atom. The van der Waals surface area contributed by atoms with E-state index in [1.54, 1.807) is 7.11 Å². The second kappa shape index (κ2) is 7.46. The fraction of sp³-hybridized carbons (Fsp3) is 0.400. The summed E-state index contributed by atoms with van der Waals surface area (Å²) in [6, 6.07) is 19.4. The molecule has 0 saturated carbocycles. The van der Waals surface area contributed by atoms with Gasteiger partial charge >= 0.3 is 0 Å². The Bertz CT molecular complexity index is 581. The molecule has 0 N–H and O–H groups in total. The van der Waals surface area contributed by atoms with Gasteiger partial charge in [-0.1, -0.05) is 42.5 Å². The molecule has 1 saturated heterocycles. The number of likely N-dealkylation sites (tertiary alicyclic amines) is 1. The molecular formula is C20H25NO. The Hall–Kier alpha value is -1.80. The van der Waals surface area contributed by atoms with Gasteiger partial charge in [0.05, 0.1) is 7.11 Å². The van der Waals surface area contributed by atoms with Gasteiger partial charge in [0.25, 0.3) is 0 Å². The first-order chi connectivity index (χ1) is 10.8. The van der Waals surface area contributed by atoms with Crippen LogP contribution in [0.3, 0.4) is 0 Å². The maximum Gasteiger partial charge on any atom is 0.119 e. The van der Waals surface area contributed by atoms with E-state index in [2.05, 4.69) is 53.4 Å². The van der Waals surface area contributed by atoms with Crippen molar-refractivity contribution in [3.63, 3.8) is 0 Å². The molecule has 0 amide bonds. The molecule has 116 valence electrons. The fourth-order valence-corrected chi connectivity index (χ4v) is 3.36. The summed E-state index contributed by atoms with van der Waals surface area (Å²) in [5.74, 6) is 1.61. The van der Waals surface area contributed by atoms with E-state index in [1.807, 2.05) is 6.07 Å². The normalized spacial score (nSPS) is 19.0. The van der Waals surface area contributed by atoms with E-state index < -0.39 is 0 Å². The van der Waals surface area contributed by atoms with Gasteiger partial charge in [-0.3, -0.25) is 0 Å². The Morgan fingerprint density at radius 2 is 1.95 bits per heavy atom. The van der Waals surface area contributed by atoms with Crippen LogP contribution in [0.25, 0.3) is 0 Å². The molecule has 1 aliphatic rings. The summed E-state index contributed by atoms with van der Waals surface area (Å²) in [6.45, 7) is 3.55. The smallest absolute Gasteiger partial charge is 0.119 e. The van der Waals surface area contributed by atoms with E-state index in [1.165, 1.54) is 37.1 Å². The maximum atomic E-state index is 5.36. The van der Waals surface area contributed by atoms with Crippen molar-refractivity contribution in [2.45, 2.75) is 25.2 Å². The number of nitrogens with zero attached hydrogens (tertiary/aromatic N) is 1. The third kappa shape index (κ3) is 3.89. The van der Waals surface area contributed by atoms with Gasteiger partial charge in [-0.25, -0.2) is 0 Å². The third-order valence-electron chi connectivity index (χ3n) is 4.63. The average Bonchev–Trinajstić information content (AvgIpc) is 2.61. The van der Waals surface area contributed by atoms with Crippen molar-refractivity contribution in [2.75, 3.05) is 26.7 Å². The number of hydrogen-bond donors (Lipinski definition) is 0. The number of rotatable bonds is 5. The van der Waals surface area contributed by atoms with Gasteiger partial charge in [0.15, 0.2) is 0 Å². The van der Waals surface area contributed by atoms with Gasteiger partial charge in [0.2, 0.25) is 0 Å². The lowest BCUT2D eigenvalue weighted by atomic mass is 9.90. The Kier molecular flexibility index (Phi) is 5.12. The summed E-state index contributed by atoms with van der Waals surface area (Å²) in [5, 5.41) is 0. The first-order valence-corrected chi connectivity index (χ1v) is 8.25. The molecule has 0 spiro atoms. The van der Waals surface area contributed by atoms with Crippen LogP contribution in [0.1, 0.15) is 29.9 Å². The summed E-state index contributed by atoms with van der Waals surface area (Å²) in [6.07, 6.45) is 3.72. The second-order valence-electron chi connectivity index (χ2n) is 6.15. The van der Waals surface area contributed by atoms with Gasteiger partial charge in [-0.05, 0) is 55.0 Å².